The van der Waals surface area contributed by atoms with Crippen LogP contribution in [0.15, 0.2) is 190 Å². The Hall–Kier alpha value is -5.24. The highest BCUT2D eigenvalue weighted by molar-refractivity contribution is 6.02. The zero-order valence-electron chi connectivity index (χ0n) is 43.1. The van der Waals surface area contributed by atoms with Gasteiger partial charge in [-0.25, -0.2) is 0 Å². The molecule has 2 atom stereocenters. The standard InChI is InChI=1S/C62H80N4O2/c1-47(23-19-25-49(3)31-33-55-51(5)59(67)57(43-61(55,7)8)65-39-35-63(36-40-65)45-53-27-13-11-14-28-53)21-17-18-22-48(2)24-20-26-50(4)32-34-56-52(6)60(68)58(44-62(56,9)10)66-41-37-64(38-42-66)46-54-29-15-12-16-30-54/h11-34,57-58H,35-46H2,1-10H3. The lowest BCUT2D eigenvalue weighted by Gasteiger charge is -2.44. The van der Waals surface area contributed by atoms with Crippen molar-refractivity contribution in [1.29, 1.82) is 0 Å². The molecule has 6 heteroatoms. The highest BCUT2D eigenvalue weighted by atomic mass is 16.1. The normalized spacial score (nSPS) is 23.9. The van der Waals surface area contributed by atoms with Crippen molar-refractivity contribution in [3.8, 4) is 0 Å². The number of hydrogen-bond acceptors (Lipinski definition) is 6. The van der Waals surface area contributed by atoms with Crippen molar-refractivity contribution in [3.63, 3.8) is 0 Å². The van der Waals surface area contributed by atoms with Gasteiger partial charge in [-0.1, -0.05) is 196 Å². The molecule has 2 aromatic carbocycles. The Morgan fingerprint density at radius 3 is 1.16 bits per heavy atom. The Morgan fingerprint density at radius 2 is 0.809 bits per heavy atom. The number of benzene rings is 2. The second kappa shape index (κ2) is 24.4. The predicted molar refractivity (Wildman–Crippen MR) is 287 cm³/mol. The number of piperazine rings is 2. The summed E-state index contributed by atoms with van der Waals surface area (Å²) >= 11 is 0. The number of ketones is 2. The molecule has 2 aromatic rings. The number of hydrogen-bond donors (Lipinski definition) is 0. The molecule has 2 aliphatic heterocycles. The van der Waals surface area contributed by atoms with Crippen LogP contribution in [0.2, 0.25) is 0 Å². The molecule has 2 saturated heterocycles. The quantitative estimate of drug-likeness (QED) is 0.156. The molecule has 0 saturated carbocycles. The van der Waals surface area contributed by atoms with Crippen LogP contribution in [0.5, 0.6) is 0 Å². The minimum atomic E-state index is -0.0866. The molecule has 0 N–H and O–H groups in total. The topological polar surface area (TPSA) is 47.1 Å². The zero-order valence-corrected chi connectivity index (χ0v) is 43.1. The molecule has 2 aliphatic carbocycles. The lowest BCUT2D eigenvalue weighted by Crippen LogP contribution is -2.55. The average Bonchev–Trinajstić information content (AvgIpc) is 3.31. The predicted octanol–water partition coefficient (Wildman–Crippen LogP) is 12.6. The van der Waals surface area contributed by atoms with Crippen molar-refractivity contribution < 1.29 is 9.59 Å². The summed E-state index contributed by atoms with van der Waals surface area (Å²) in [5.41, 5.74) is 11.2. The van der Waals surface area contributed by atoms with E-state index in [9.17, 15) is 9.59 Å². The van der Waals surface area contributed by atoms with E-state index in [2.05, 4.69) is 221 Å². The first-order valence-corrected chi connectivity index (χ1v) is 25.1. The van der Waals surface area contributed by atoms with Crippen LogP contribution in [0.4, 0.5) is 0 Å². The maximum Gasteiger partial charge on any atom is 0.175 e. The minimum Gasteiger partial charge on any atom is -0.297 e. The molecular weight excluding hydrogens is 833 g/mol. The smallest absolute Gasteiger partial charge is 0.175 e. The van der Waals surface area contributed by atoms with Crippen LogP contribution in [-0.2, 0) is 22.7 Å². The van der Waals surface area contributed by atoms with Gasteiger partial charge in [-0.05, 0) is 98.6 Å². The Balaban J connectivity index is 0.946. The molecule has 0 amide bonds. The van der Waals surface area contributed by atoms with Crippen LogP contribution in [-0.4, -0.2) is 95.6 Å². The molecule has 0 radical (unpaired) electrons. The summed E-state index contributed by atoms with van der Waals surface area (Å²) in [6, 6.07) is 21.3. The second-order valence-corrected chi connectivity index (χ2v) is 21.0. The summed E-state index contributed by atoms with van der Waals surface area (Å²) in [5.74, 6) is 0.571. The molecule has 0 spiro atoms. The first kappa shape index (κ1) is 52.1. The van der Waals surface area contributed by atoms with Crippen molar-refractivity contribution in [2.45, 2.75) is 107 Å². The average molecular weight is 913 g/mol. The number of Topliss-reactive ketones (excluding diaryl/α,β-unsaturated/α-hetero) is 2. The van der Waals surface area contributed by atoms with Gasteiger partial charge in [0, 0.05) is 65.4 Å². The summed E-state index contributed by atoms with van der Waals surface area (Å²) in [4.78, 5) is 37.4. The fourth-order valence-corrected chi connectivity index (χ4v) is 10.4. The molecule has 2 unspecified atom stereocenters. The molecule has 0 aromatic heterocycles. The van der Waals surface area contributed by atoms with Crippen LogP contribution in [0, 0.1) is 10.8 Å². The van der Waals surface area contributed by atoms with Crippen molar-refractivity contribution in [1.82, 2.24) is 19.6 Å². The van der Waals surface area contributed by atoms with E-state index in [0.717, 1.165) is 123 Å². The van der Waals surface area contributed by atoms with Crippen LogP contribution in [0.3, 0.4) is 0 Å². The number of rotatable bonds is 16. The van der Waals surface area contributed by atoms with Crippen molar-refractivity contribution in [3.05, 3.63) is 201 Å². The highest BCUT2D eigenvalue weighted by Crippen LogP contribution is 2.43. The Bertz CT molecular complexity index is 2240. The summed E-state index contributed by atoms with van der Waals surface area (Å²) in [6.45, 7) is 31.3. The van der Waals surface area contributed by atoms with Gasteiger partial charge in [0.1, 0.15) is 0 Å². The van der Waals surface area contributed by atoms with Crippen molar-refractivity contribution in [2.24, 2.45) is 10.8 Å². The third-order valence-electron chi connectivity index (χ3n) is 14.5. The van der Waals surface area contributed by atoms with Gasteiger partial charge in [-0.2, -0.15) is 0 Å². The van der Waals surface area contributed by atoms with E-state index < -0.39 is 0 Å². The van der Waals surface area contributed by atoms with Gasteiger partial charge in [0.2, 0.25) is 0 Å². The lowest BCUT2D eigenvalue weighted by molar-refractivity contribution is -0.124. The van der Waals surface area contributed by atoms with Gasteiger partial charge >= 0.3 is 0 Å². The molecule has 0 bridgehead atoms. The molecule has 68 heavy (non-hydrogen) atoms. The van der Waals surface area contributed by atoms with E-state index in [-0.39, 0.29) is 34.5 Å². The number of carbonyl (C=O) groups excluding carboxylic acids is 2. The van der Waals surface area contributed by atoms with E-state index in [1.54, 1.807) is 0 Å². The van der Waals surface area contributed by atoms with Gasteiger partial charge in [0.05, 0.1) is 12.1 Å². The number of nitrogens with zero attached hydrogens (tertiary/aromatic N) is 4. The van der Waals surface area contributed by atoms with E-state index >= 15 is 0 Å². The monoisotopic (exact) mass is 913 g/mol. The van der Waals surface area contributed by atoms with E-state index in [4.69, 9.17) is 0 Å². The number of carbonyl (C=O) groups is 2. The summed E-state index contributed by atoms with van der Waals surface area (Å²) in [5, 5.41) is 0. The van der Waals surface area contributed by atoms with Crippen molar-refractivity contribution >= 4 is 11.6 Å². The second-order valence-electron chi connectivity index (χ2n) is 21.0. The third-order valence-corrected chi connectivity index (χ3v) is 14.5. The minimum absolute atomic E-state index is 0.0459. The van der Waals surface area contributed by atoms with Crippen LogP contribution in [0.25, 0.3) is 0 Å². The fourth-order valence-electron chi connectivity index (χ4n) is 10.4. The van der Waals surface area contributed by atoms with E-state index in [1.807, 2.05) is 13.8 Å². The SMILES string of the molecule is CC(C=CC=C(C)C=CC1=C(C)C(=O)C(N2CCN(Cc3ccccc3)CC2)CC1(C)C)=CC=CC=C(C)C=CC=C(C)C=CC1=C(C)C(=O)C(N2CCN(Cc3ccccc3)CC2)CC1(C)C. The molecule has 2 fully saturated rings. The maximum atomic E-state index is 13.8. The molecule has 4 aliphatic rings. The van der Waals surface area contributed by atoms with Gasteiger partial charge in [0.15, 0.2) is 11.6 Å². The molecular formula is C62H80N4O2. The van der Waals surface area contributed by atoms with Crippen LogP contribution >= 0.6 is 0 Å². The van der Waals surface area contributed by atoms with Crippen LogP contribution < -0.4 is 0 Å². The van der Waals surface area contributed by atoms with Gasteiger partial charge < -0.3 is 0 Å². The first-order valence-electron chi connectivity index (χ1n) is 25.1. The Labute approximate surface area is 410 Å². The molecule has 2 heterocycles. The van der Waals surface area contributed by atoms with Gasteiger partial charge in [-0.15, -0.1) is 0 Å². The molecule has 6 rings (SSSR count). The summed E-state index contributed by atoms with van der Waals surface area (Å²) in [7, 11) is 0. The van der Waals surface area contributed by atoms with E-state index in [1.165, 1.54) is 11.1 Å². The largest absolute Gasteiger partial charge is 0.297 e. The van der Waals surface area contributed by atoms with Crippen molar-refractivity contribution in [2.75, 3.05) is 52.4 Å². The summed E-state index contributed by atoms with van der Waals surface area (Å²) in [6.07, 6.45) is 31.4. The van der Waals surface area contributed by atoms with Crippen LogP contribution in [0.1, 0.15) is 93.2 Å². The lowest BCUT2D eigenvalue weighted by atomic mass is 9.69. The number of allylic oxidation sites excluding steroid dienone is 20. The van der Waals surface area contributed by atoms with Gasteiger partial charge in [0.25, 0.3) is 0 Å². The highest BCUT2D eigenvalue weighted by Gasteiger charge is 2.42. The van der Waals surface area contributed by atoms with E-state index in [0.29, 0.717) is 0 Å². The Kier molecular flexibility index (Phi) is 18.7. The fraction of sp³-hybridized carbons (Fsp3) is 0.419. The molecule has 360 valence electrons. The summed E-state index contributed by atoms with van der Waals surface area (Å²) < 4.78 is 0. The Morgan fingerprint density at radius 1 is 0.485 bits per heavy atom. The maximum absolute atomic E-state index is 13.8. The zero-order chi connectivity index (χ0) is 48.8. The van der Waals surface area contributed by atoms with Gasteiger partial charge in [-0.3, -0.25) is 29.2 Å². The molecule has 6 nitrogen and oxygen atoms in total. The third kappa shape index (κ3) is 14.6. The first-order chi connectivity index (χ1) is 32.5.